The van der Waals surface area contributed by atoms with Crippen LogP contribution in [0.25, 0.3) is 11.0 Å². The molecule has 1 heterocycles. The third kappa shape index (κ3) is 3.39. The molecule has 0 atom stereocenters. The van der Waals surface area contributed by atoms with E-state index in [4.69, 9.17) is 17.3 Å². The van der Waals surface area contributed by atoms with E-state index in [0.29, 0.717) is 25.4 Å². The van der Waals surface area contributed by atoms with Gasteiger partial charge < -0.3 is 15.6 Å². The number of aromatic nitrogens is 2. The summed E-state index contributed by atoms with van der Waals surface area (Å²) in [5.74, 6) is 1.42. The lowest BCUT2D eigenvalue weighted by molar-refractivity contribution is 0.248. The largest absolute Gasteiger partial charge is 0.352 e. The molecular formula is C12H14BrClN4O. The average molecular weight is 346 g/mol. The predicted octanol–water partition coefficient (Wildman–Crippen LogP) is 2.25. The standard InChI is InChI=1S/C12H14BrClN4O/c13-8-1-2-9-10(7-8)18(6-5-16-12(15)19)11(17-9)3-4-14/h1-2,7H,3-6H2,(H3,15,16,19). The summed E-state index contributed by atoms with van der Waals surface area (Å²) in [6.45, 7) is 1.07. The Labute approximate surface area is 124 Å². The first-order valence-electron chi connectivity index (χ1n) is 5.85. The van der Waals surface area contributed by atoms with Crippen LogP contribution in [0.1, 0.15) is 5.82 Å². The molecule has 2 aromatic rings. The summed E-state index contributed by atoms with van der Waals surface area (Å²) >= 11 is 9.25. The molecule has 0 aliphatic carbocycles. The van der Waals surface area contributed by atoms with Crippen LogP contribution in [0.2, 0.25) is 0 Å². The zero-order valence-electron chi connectivity index (χ0n) is 10.2. The van der Waals surface area contributed by atoms with Gasteiger partial charge in [-0.1, -0.05) is 15.9 Å². The molecule has 5 nitrogen and oxygen atoms in total. The van der Waals surface area contributed by atoms with Gasteiger partial charge in [-0.15, -0.1) is 11.6 Å². The third-order valence-corrected chi connectivity index (χ3v) is 3.42. The Morgan fingerprint density at radius 3 is 3.00 bits per heavy atom. The predicted molar refractivity (Wildman–Crippen MR) is 79.4 cm³/mol. The first kappa shape index (κ1) is 14.1. The Balaban J connectivity index is 2.33. The van der Waals surface area contributed by atoms with Crippen LogP contribution in [0.15, 0.2) is 22.7 Å². The summed E-state index contributed by atoms with van der Waals surface area (Å²) in [7, 11) is 0. The van der Waals surface area contributed by atoms with Crippen molar-refractivity contribution in [1.82, 2.24) is 14.9 Å². The van der Waals surface area contributed by atoms with Crippen molar-refractivity contribution in [1.29, 1.82) is 0 Å². The SMILES string of the molecule is NC(=O)NCCn1c(CCCl)nc2ccc(Br)cc21. The number of carbonyl (C=O) groups is 1. The molecule has 0 saturated heterocycles. The molecular weight excluding hydrogens is 332 g/mol. The van der Waals surface area contributed by atoms with Crippen LogP contribution >= 0.6 is 27.5 Å². The van der Waals surface area contributed by atoms with Crippen molar-refractivity contribution in [2.45, 2.75) is 13.0 Å². The Morgan fingerprint density at radius 2 is 2.32 bits per heavy atom. The van der Waals surface area contributed by atoms with Crippen molar-refractivity contribution in [3.8, 4) is 0 Å². The number of nitrogens with two attached hydrogens (primary N) is 1. The van der Waals surface area contributed by atoms with E-state index in [-0.39, 0.29) is 0 Å². The van der Waals surface area contributed by atoms with Gasteiger partial charge in [-0.2, -0.15) is 0 Å². The number of nitrogens with one attached hydrogen (secondary N) is 1. The first-order valence-corrected chi connectivity index (χ1v) is 7.18. The van der Waals surface area contributed by atoms with Crippen molar-refractivity contribution >= 4 is 44.6 Å². The third-order valence-electron chi connectivity index (χ3n) is 2.74. The maximum absolute atomic E-state index is 10.7. The van der Waals surface area contributed by atoms with Gasteiger partial charge in [0.25, 0.3) is 0 Å². The second-order valence-electron chi connectivity index (χ2n) is 4.04. The Kier molecular flexibility index (Phi) is 4.66. The van der Waals surface area contributed by atoms with Gasteiger partial charge >= 0.3 is 6.03 Å². The summed E-state index contributed by atoms with van der Waals surface area (Å²) in [5, 5.41) is 2.58. The van der Waals surface area contributed by atoms with Crippen LogP contribution < -0.4 is 11.1 Å². The van der Waals surface area contributed by atoms with Crippen LogP contribution in [0, 0.1) is 0 Å². The van der Waals surface area contributed by atoms with Crippen LogP contribution in [-0.4, -0.2) is 28.0 Å². The molecule has 19 heavy (non-hydrogen) atoms. The van der Waals surface area contributed by atoms with Crippen molar-refractivity contribution in [2.24, 2.45) is 5.73 Å². The van der Waals surface area contributed by atoms with Gasteiger partial charge in [0.2, 0.25) is 0 Å². The summed E-state index contributed by atoms with van der Waals surface area (Å²) in [6.07, 6.45) is 0.685. The number of rotatable bonds is 5. The lowest BCUT2D eigenvalue weighted by Gasteiger charge is -2.08. The van der Waals surface area contributed by atoms with Gasteiger partial charge in [0.15, 0.2) is 0 Å². The number of fused-ring (bicyclic) bond motifs is 1. The monoisotopic (exact) mass is 344 g/mol. The summed E-state index contributed by atoms with van der Waals surface area (Å²) in [4.78, 5) is 15.3. The molecule has 0 saturated carbocycles. The molecule has 0 radical (unpaired) electrons. The Hall–Kier alpha value is -1.27. The maximum atomic E-state index is 10.7. The molecule has 3 N–H and O–H groups in total. The van der Waals surface area contributed by atoms with Crippen LogP contribution in [0.4, 0.5) is 4.79 Å². The number of imidazole rings is 1. The second-order valence-corrected chi connectivity index (χ2v) is 5.34. The lowest BCUT2D eigenvalue weighted by Crippen LogP contribution is -2.32. The molecule has 0 aliphatic heterocycles. The highest BCUT2D eigenvalue weighted by Gasteiger charge is 2.10. The molecule has 102 valence electrons. The molecule has 1 aromatic heterocycles. The highest BCUT2D eigenvalue weighted by atomic mass is 79.9. The molecule has 0 unspecified atom stereocenters. The zero-order chi connectivity index (χ0) is 13.8. The number of nitrogens with zero attached hydrogens (tertiary/aromatic N) is 2. The summed E-state index contributed by atoms with van der Waals surface area (Å²) in [6, 6.07) is 5.38. The number of amides is 2. The first-order chi connectivity index (χ1) is 9.11. The molecule has 7 heteroatoms. The highest BCUT2D eigenvalue weighted by Crippen LogP contribution is 2.21. The number of halogens is 2. The zero-order valence-corrected chi connectivity index (χ0v) is 12.5. The van der Waals surface area contributed by atoms with Gasteiger partial charge in [0.05, 0.1) is 11.0 Å². The molecule has 0 spiro atoms. The van der Waals surface area contributed by atoms with Gasteiger partial charge in [-0.3, -0.25) is 0 Å². The summed E-state index contributed by atoms with van der Waals surface area (Å²) < 4.78 is 3.04. The van der Waals surface area contributed by atoms with E-state index in [0.717, 1.165) is 21.3 Å². The van der Waals surface area contributed by atoms with Gasteiger partial charge in [0, 0.05) is 29.9 Å². The fourth-order valence-electron chi connectivity index (χ4n) is 1.96. The van der Waals surface area contributed by atoms with Gasteiger partial charge in [0.1, 0.15) is 5.82 Å². The molecule has 2 amide bonds. The normalized spacial score (nSPS) is 10.8. The molecule has 0 fully saturated rings. The topological polar surface area (TPSA) is 72.9 Å². The van der Waals surface area contributed by atoms with Crippen LogP contribution in [-0.2, 0) is 13.0 Å². The number of benzene rings is 1. The number of alkyl halides is 1. The van der Waals surface area contributed by atoms with E-state index < -0.39 is 6.03 Å². The minimum absolute atomic E-state index is 0.461. The Morgan fingerprint density at radius 1 is 1.53 bits per heavy atom. The fraction of sp³-hybridized carbons (Fsp3) is 0.333. The van der Waals surface area contributed by atoms with E-state index in [2.05, 4.69) is 30.8 Å². The quantitative estimate of drug-likeness (QED) is 0.816. The fourth-order valence-corrected chi connectivity index (χ4v) is 2.48. The number of hydrogen-bond acceptors (Lipinski definition) is 2. The van der Waals surface area contributed by atoms with E-state index in [1.54, 1.807) is 0 Å². The molecule has 0 bridgehead atoms. The summed E-state index contributed by atoms with van der Waals surface area (Å²) in [5.41, 5.74) is 7.00. The number of urea groups is 1. The van der Waals surface area contributed by atoms with Gasteiger partial charge in [-0.25, -0.2) is 9.78 Å². The van der Waals surface area contributed by atoms with E-state index in [9.17, 15) is 4.79 Å². The Bertz CT molecular complexity index is 599. The van der Waals surface area contributed by atoms with Crippen LogP contribution in [0.5, 0.6) is 0 Å². The molecule has 0 aliphatic rings. The van der Waals surface area contributed by atoms with E-state index in [1.165, 1.54) is 0 Å². The van der Waals surface area contributed by atoms with Crippen molar-refractivity contribution in [2.75, 3.05) is 12.4 Å². The number of primary amides is 1. The van der Waals surface area contributed by atoms with E-state index >= 15 is 0 Å². The minimum Gasteiger partial charge on any atom is -0.352 e. The maximum Gasteiger partial charge on any atom is 0.312 e. The van der Waals surface area contributed by atoms with Gasteiger partial charge in [-0.05, 0) is 18.2 Å². The smallest absolute Gasteiger partial charge is 0.312 e. The second kappa shape index (κ2) is 6.25. The molecule has 1 aromatic carbocycles. The molecule has 2 rings (SSSR count). The number of hydrogen-bond donors (Lipinski definition) is 2. The minimum atomic E-state index is -0.524. The lowest BCUT2D eigenvalue weighted by atomic mass is 10.3. The van der Waals surface area contributed by atoms with Crippen molar-refractivity contribution in [3.63, 3.8) is 0 Å². The highest BCUT2D eigenvalue weighted by molar-refractivity contribution is 9.10. The number of carbonyl (C=O) groups excluding carboxylic acids is 1. The van der Waals surface area contributed by atoms with Crippen molar-refractivity contribution in [3.05, 3.63) is 28.5 Å². The van der Waals surface area contributed by atoms with E-state index in [1.807, 2.05) is 18.2 Å². The van der Waals surface area contributed by atoms with Crippen molar-refractivity contribution < 1.29 is 4.79 Å². The van der Waals surface area contributed by atoms with Crippen LogP contribution in [0.3, 0.4) is 0 Å². The average Bonchev–Trinajstić information content (AvgIpc) is 2.67. The number of aryl methyl sites for hydroxylation is 1.